The Kier molecular flexibility index (Phi) is 4.53. The Labute approximate surface area is 153 Å². The summed E-state index contributed by atoms with van der Waals surface area (Å²) in [4.78, 5) is 41.3. The second kappa shape index (κ2) is 6.83. The van der Waals surface area contributed by atoms with Crippen LogP contribution in [-0.2, 0) is 19.1 Å². The summed E-state index contributed by atoms with van der Waals surface area (Å²) in [5, 5.41) is 0. The summed E-state index contributed by atoms with van der Waals surface area (Å²) in [5.74, 6) is -0.541. The van der Waals surface area contributed by atoms with E-state index in [1.54, 1.807) is 17.0 Å². The molecule has 3 amide bonds. The highest BCUT2D eigenvalue weighted by Crippen LogP contribution is 2.34. The molecule has 3 aliphatic rings. The van der Waals surface area contributed by atoms with Crippen LogP contribution in [0.1, 0.15) is 37.7 Å². The fourth-order valence-electron chi connectivity index (χ4n) is 3.77. The first-order valence-corrected chi connectivity index (χ1v) is 9.40. The van der Waals surface area contributed by atoms with E-state index in [4.69, 9.17) is 4.74 Å². The Morgan fingerprint density at radius 2 is 1.92 bits per heavy atom. The first-order valence-electron chi connectivity index (χ1n) is 9.40. The van der Waals surface area contributed by atoms with Gasteiger partial charge in [0.25, 0.3) is 5.91 Å². The maximum atomic E-state index is 13.0. The van der Waals surface area contributed by atoms with Crippen molar-refractivity contribution in [3.63, 3.8) is 0 Å². The molecule has 0 aromatic heterocycles. The second-order valence-electron chi connectivity index (χ2n) is 7.52. The van der Waals surface area contributed by atoms with Gasteiger partial charge in [-0.15, -0.1) is 0 Å². The number of imide groups is 1. The monoisotopic (exact) mass is 356 g/mol. The number of anilines is 1. The minimum absolute atomic E-state index is 0.00240. The molecule has 3 fully saturated rings. The topological polar surface area (TPSA) is 66.9 Å². The van der Waals surface area contributed by atoms with E-state index >= 15 is 0 Å². The van der Waals surface area contributed by atoms with Crippen molar-refractivity contribution in [2.24, 2.45) is 5.92 Å². The van der Waals surface area contributed by atoms with Crippen LogP contribution in [-0.4, -0.2) is 47.9 Å². The van der Waals surface area contributed by atoms with Crippen molar-refractivity contribution in [1.82, 2.24) is 4.90 Å². The summed E-state index contributed by atoms with van der Waals surface area (Å²) >= 11 is 0. The minimum Gasteiger partial charge on any atom is -0.376 e. The van der Waals surface area contributed by atoms with E-state index < -0.39 is 6.04 Å². The molecule has 0 N–H and O–H groups in total. The molecule has 26 heavy (non-hydrogen) atoms. The average Bonchev–Trinajstić information content (AvgIpc) is 3.27. The molecular formula is C20H24N2O4. The predicted molar refractivity (Wildman–Crippen MR) is 95.5 cm³/mol. The molecule has 6 nitrogen and oxygen atoms in total. The van der Waals surface area contributed by atoms with Gasteiger partial charge in [0.05, 0.1) is 18.2 Å². The summed E-state index contributed by atoms with van der Waals surface area (Å²) in [5.41, 5.74) is 1.64. The molecule has 1 aromatic carbocycles. The van der Waals surface area contributed by atoms with Crippen LogP contribution in [0.15, 0.2) is 24.3 Å². The van der Waals surface area contributed by atoms with Gasteiger partial charge >= 0.3 is 0 Å². The van der Waals surface area contributed by atoms with Gasteiger partial charge in [0, 0.05) is 19.1 Å². The summed E-state index contributed by atoms with van der Waals surface area (Å²) in [6, 6.07) is 6.60. The lowest BCUT2D eigenvalue weighted by Crippen LogP contribution is -2.49. The fourth-order valence-corrected chi connectivity index (χ4v) is 3.77. The van der Waals surface area contributed by atoms with Gasteiger partial charge in [-0.1, -0.05) is 17.7 Å². The molecule has 0 radical (unpaired) electrons. The highest BCUT2D eigenvalue weighted by Gasteiger charge is 2.47. The maximum Gasteiger partial charge on any atom is 0.257 e. The molecule has 1 saturated carbocycles. The molecule has 2 unspecified atom stereocenters. The third kappa shape index (κ3) is 3.26. The quantitative estimate of drug-likeness (QED) is 0.758. The number of nitrogens with zero attached hydrogens (tertiary/aromatic N) is 2. The summed E-state index contributed by atoms with van der Waals surface area (Å²) < 4.78 is 5.68. The normalized spacial score (nSPS) is 25.8. The van der Waals surface area contributed by atoms with Crippen molar-refractivity contribution in [3.8, 4) is 0 Å². The molecule has 0 spiro atoms. The molecular weight excluding hydrogens is 332 g/mol. The number of amides is 3. The van der Waals surface area contributed by atoms with Gasteiger partial charge in [0.2, 0.25) is 11.8 Å². The molecule has 1 aromatic rings. The highest BCUT2D eigenvalue weighted by molar-refractivity contribution is 6.23. The van der Waals surface area contributed by atoms with Crippen LogP contribution in [0, 0.1) is 12.8 Å². The number of ether oxygens (including phenoxy) is 1. The largest absolute Gasteiger partial charge is 0.376 e. The Morgan fingerprint density at radius 3 is 2.54 bits per heavy atom. The first-order chi connectivity index (χ1) is 12.5. The molecule has 6 heteroatoms. The number of rotatable bonds is 5. The van der Waals surface area contributed by atoms with Gasteiger partial charge < -0.3 is 9.64 Å². The molecule has 0 bridgehead atoms. The lowest BCUT2D eigenvalue weighted by Gasteiger charge is -2.30. The van der Waals surface area contributed by atoms with Crippen molar-refractivity contribution in [2.45, 2.75) is 51.2 Å². The van der Waals surface area contributed by atoms with Crippen LogP contribution < -0.4 is 4.90 Å². The van der Waals surface area contributed by atoms with E-state index in [1.807, 2.05) is 19.1 Å². The van der Waals surface area contributed by atoms with Crippen LogP contribution in [0.4, 0.5) is 5.69 Å². The van der Waals surface area contributed by atoms with Gasteiger partial charge in [0.1, 0.15) is 6.04 Å². The van der Waals surface area contributed by atoms with Crippen molar-refractivity contribution in [2.75, 3.05) is 18.1 Å². The molecule has 4 rings (SSSR count). The lowest BCUT2D eigenvalue weighted by atomic mass is 10.1. The zero-order valence-corrected chi connectivity index (χ0v) is 15.0. The molecule has 2 saturated heterocycles. The molecule has 2 heterocycles. The smallest absolute Gasteiger partial charge is 0.257 e. The Morgan fingerprint density at radius 1 is 1.19 bits per heavy atom. The molecule has 2 aliphatic heterocycles. The zero-order valence-electron chi connectivity index (χ0n) is 15.0. The van der Waals surface area contributed by atoms with Crippen LogP contribution in [0.3, 0.4) is 0 Å². The van der Waals surface area contributed by atoms with Crippen LogP contribution in [0.5, 0.6) is 0 Å². The van der Waals surface area contributed by atoms with Crippen molar-refractivity contribution in [3.05, 3.63) is 29.8 Å². The number of aryl methyl sites for hydroxylation is 1. The second-order valence-corrected chi connectivity index (χ2v) is 7.52. The summed E-state index contributed by atoms with van der Waals surface area (Å²) in [7, 11) is 0. The van der Waals surface area contributed by atoms with Crippen LogP contribution in [0.25, 0.3) is 0 Å². The van der Waals surface area contributed by atoms with E-state index in [2.05, 4.69) is 0 Å². The molecule has 1 aliphatic carbocycles. The SMILES string of the molecule is Cc1ccc(N2C(=O)CC(N(CC3CCCO3)C(=O)C3CC3)C2=O)cc1. The molecule has 2 atom stereocenters. The van der Waals surface area contributed by atoms with E-state index in [0.717, 1.165) is 31.2 Å². The van der Waals surface area contributed by atoms with Crippen LogP contribution in [0.2, 0.25) is 0 Å². The number of hydrogen-bond acceptors (Lipinski definition) is 4. The van der Waals surface area contributed by atoms with Crippen molar-refractivity contribution < 1.29 is 19.1 Å². The van der Waals surface area contributed by atoms with E-state index in [0.29, 0.717) is 18.8 Å². The number of hydrogen-bond donors (Lipinski definition) is 0. The summed E-state index contributed by atoms with van der Waals surface area (Å²) in [6.45, 7) is 3.06. The average molecular weight is 356 g/mol. The van der Waals surface area contributed by atoms with Crippen molar-refractivity contribution in [1.29, 1.82) is 0 Å². The number of benzene rings is 1. The zero-order chi connectivity index (χ0) is 18.3. The Balaban J connectivity index is 1.57. The molecule has 138 valence electrons. The third-order valence-electron chi connectivity index (χ3n) is 5.43. The first kappa shape index (κ1) is 17.2. The van der Waals surface area contributed by atoms with Gasteiger partial charge in [-0.2, -0.15) is 0 Å². The fraction of sp³-hybridized carbons (Fsp3) is 0.550. The highest BCUT2D eigenvalue weighted by atomic mass is 16.5. The Hall–Kier alpha value is -2.21. The number of carbonyl (C=O) groups excluding carboxylic acids is 3. The van der Waals surface area contributed by atoms with E-state index in [-0.39, 0.29) is 36.2 Å². The maximum absolute atomic E-state index is 13.0. The van der Waals surface area contributed by atoms with E-state index in [1.165, 1.54) is 4.90 Å². The van der Waals surface area contributed by atoms with Gasteiger partial charge in [-0.05, 0) is 44.7 Å². The number of carbonyl (C=O) groups is 3. The third-order valence-corrected chi connectivity index (χ3v) is 5.43. The van der Waals surface area contributed by atoms with Crippen LogP contribution >= 0.6 is 0 Å². The van der Waals surface area contributed by atoms with Crippen molar-refractivity contribution >= 4 is 23.4 Å². The summed E-state index contributed by atoms with van der Waals surface area (Å²) in [6.07, 6.45) is 3.63. The lowest BCUT2D eigenvalue weighted by molar-refractivity contribution is -0.141. The van der Waals surface area contributed by atoms with E-state index in [9.17, 15) is 14.4 Å². The van der Waals surface area contributed by atoms with Gasteiger partial charge in [-0.3, -0.25) is 14.4 Å². The minimum atomic E-state index is -0.707. The van der Waals surface area contributed by atoms with Gasteiger partial charge in [-0.25, -0.2) is 4.90 Å². The van der Waals surface area contributed by atoms with Gasteiger partial charge in [0.15, 0.2) is 0 Å². The predicted octanol–water partition coefficient (Wildman–Crippen LogP) is 2.04. The standard InChI is InChI=1S/C20H24N2O4/c1-13-4-8-15(9-5-13)22-18(23)11-17(20(22)25)21(19(24)14-6-7-14)12-16-3-2-10-26-16/h4-5,8-9,14,16-17H,2-3,6-7,10-12H2,1H3. The Bertz CT molecular complexity index is 720.